The Morgan fingerprint density at radius 1 is 1.35 bits per heavy atom. The summed E-state index contributed by atoms with van der Waals surface area (Å²) in [6.45, 7) is 1.79. The molecule has 0 atom stereocenters. The lowest BCUT2D eigenvalue weighted by atomic mass is 9.85. The highest BCUT2D eigenvalue weighted by molar-refractivity contribution is 5.95. The number of benzene rings is 1. The van der Waals surface area contributed by atoms with Gasteiger partial charge in [0.15, 0.2) is 0 Å². The van der Waals surface area contributed by atoms with Crippen LogP contribution < -0.4 is 5.32 Å². The molecule has 90 valence electrons. The van der Waals surface area contributed by atoms with Crippen LogP contribution in [0.5, 0.6) is 0 Å². The zero-order chi connectivity index (χ0) is 12.4. The SMILES string of the molecule is Cc1cc(C(=O)O)ccc1NC(=O)C1CCC1. The molecule has 1 aliphatic rings. The number of aromatic carboxylic acids is 1. The van der Waals surface area contributed by atoms with Gasteiger partial charge in [-0.3, -0.25) is 4.79 Å². The van der Waals surface area contributed by atoms with Crippen molar-refractivity contribution in [1.82, 2.24) is 0 Å². The lowest BCUT2D eigenvalue weighted by Crippen LogP contribution is -2.28. The molecule has 1 fully saturated rings. The number of carbonyl (C=O) groups excluding carboxylic acids is 1. The van der Waals surface area contributed by atoms with Crippen LogP contribution in [0.2, 0.25) is 0 Å². The Balaban J connectivity index is 2.10. The van der Waals surface area contributed by atoms with E-state index in [0.717, 1.165) is 24.8 Å². The largest absolute Gasteiger partial charge is 0.478 e. The third-order valence-electron chi connectivity index (χ3n) is 3.21. The number of carboxylic acid groups (broad SMARTS) is 1. The fraction of sp³-hybridized carbons (Fsp3) is 0.385. The molecule has 0 unspecified atom stereocenters. The molecule has 1 aromatic carbocycles. The van der Waals surface area contributed by atoms with E-state index in [9.17, 15) is 9.59 Å². The Hall–Kier alpha value is -1.84. The van der Waals surface area contributed by atoms with Crippen molar-refractivity contribution in [2.75, 3.05) is 5.32 Å². The minimum atomic E-state index is -0.954. The number of anilines is 1. The zero-order valence-corrected chi connectivity index (χ0v) is 9.69. The van der Waals surface area contributed by atoms with Crippen LogP contribution in [0.3, 0.4) is 0 Å². The van der Waals surface area contributed by atoms with E-state index in [2.05, 4.69) is 5.32 Å². The van der Waals surface area contributed by atoms with Crippen LogP contribution in [-0.2, 0) is 4.79 Å². The maximum atomic E-state index is 11.7. The van der Waals surface area contributed by atoms with E-state index >= 15 is 0 Å². The van der Waals surface area contributed by atoms with E-state index in [1.165, 1.54) is 6.07 Å². The Kier molecular flexibility index (Phi) is 3.13. The van der Waals surface area contributed by atoms with Crippen molar-refractivity contribution in [2.45, 2.75) is 26.2 Å². The third-order valence-corrected chi connectivity index (χ3v) is 3.21. The molecule has 2 N–H and O–H groups in total. The second-order valence-corrected chi connectivity index (χ2v) is 4.45. The number of rotatable bonds is 3. The van der Waals surface area contributed by atoms with Gasteiger partial charge in [0.2, 0.25) is 5.91 Å². The van der Waals surface area contributed by atoms with Crippen molar-refractivity contribution in [3.63, 3.8) is 0 Å². The summed E-state index contributed by atoms with van der Waals surface area (Å²) >= 11 is 0. The van der Waals surface area contributed by atoms with Crippen molar-refractivity contribution in [2.24, 2.45) is 5.92 Å². The fourth-order valence-electron chi connectivity index (χ4n) is 1.84. The van der Waals surface area contributed by atoms with Gasteiger partial charge in [-0.2, -0.15) is 0 Å². The normalized spacial score (nSPS) is 15.1. The van der Waals surface area contributed by atoms with E-state index in [1.807, 2.05) is 0 Å². The fourth-order valence-corrected chi connectivity index (χ4v) is 1.84. The molecule has 1 saturated carbocycles. The van der Waals surface area contributed by atoms with Crippen LogP contribution in [0, 0.1) is 12.8 Å². The molecule has 0 radical (unpaired) electrons. The molecule has 1 amide bonds. The third kappa shape index (κ3) is 2.46. The first kappa shape index (κ1) is 11.6. The van der Waals surface area contributed by atoms with Crippen LogP contribution in [0.4, 0.5) is 5.69 Å². The molecular formula is C13H15NO3. The predicted octanol–water partition coefficient (Wildman–Crippen LogP) is 2.43. The molecule has 2 rings (SSSR count). The molecule has 17 heavy (non-hydrogen) atoms. The minimum Gasteiger partial charge on any atom is -0.478 e. The number of carbonyl (C=O) groups is 2. The van der Waals surface area contributed by atoms with Gasteiger partial charge in [0.05, 0.1) is 5.56 Å². The average Bonchev–Trinajstić information content (AvgIpc) is 2.18. The molecule has 4 nitrogen and oxygen atoms in total. The quantitative estimate of drug-likeness (QED) is 0.842. The molecule has 1 aromatic rings. The smallest absolute Gasteiger partial charge is 0.335 e. The van der Waals surface area contributed by atoms with E-state index in [-0.39, 0.29) is 17.4 Å². The summed E-state index contributed by atoms with van der Waals surface area (Å²) in [4.78, 5) is 22.5. The highest BCUT2D eigenvalue weighted by atomic mass is 16.4. The Morgan fingerprint density at radius 3 is 2.53 bits per heavy atom. The first-order valence-corrected chi connectivity index (χ1v) is 5.73. The topological polar surface area (TPSA) is 66.4 Å². The number of nitrogens with one attached hydrogen (secondary N) is 1. The van der Waals surface area contributed by atoms with Gasteiger partial charge in [0, 0.05) is 11.6 Å². The summed E-state index contributed by atoms with van der Waals surface area (Å²) in [7, 11) is 0. The Bertz CT molecular complexity index is 464. The molecule has 4 heteroatoms. The second kappa shape index (κ2) is 4.57. The molecule has 0 bridgehead atoms. The monoisotopic (exact) mass is 233 g/mol. The van der Waals surface area contributed by atoms with Gasteiger partial charge in [-0.1, -0.05) is 6.42 Å². The Morgan fingerprint density at radius 2 is 2.06 bits per heavy atom. The van der Waals surface area contributed by atoms with Crippen molar-refractivity contribution in [3.05, 3.63) is 29.3 Å². The van der Waals surface area contributed by atoms with Gasteiger partial charge >= 0.3 is 5.97 Å². The van der Waals surface area contributed by atoms with Gasteiger partial charge < -0.3 is 10.4 Å². The van der Waals surface area contributed by atoms with Crippen LogP contribution in [0.25, 0.3) is 0 Å². The molecule has 0 spiro atoms. The first-order valence-electron chi connectivity index (χ1n) is 5.73. The van der Waals surface area contributed by atoms with Gasteiger partial charge in [0.1, 0.15) is 0 Å². The first-order chi connectivity index (χ1) is 8.08. The van der Waals surface area contributed by atoms with Crippen molar-refractivity contribution < 1.29 is 14.7 Å². The van der Waals surface area contributed by atoms with Crippen molar-refractivity contribution in [1.29, 1.82) is 0 Å². The van der Waals surface area contributed by atoms with E-state index in [0.29, 0.717) is 5.69 Å². The summed E-state index contributed by atoms with van der Waals surface area (Å²) in [5.41, 5.74) is 1.72. The summed E-state index contributed by atoms with van der Waals surface area (Å²) in [5, 5.41) is 11.7. The van der Waals surface area contributed by atoms with Crippen molar-refractivity contribution in [3.8, 4) is 0 Å². The molecule has 0 saturated heterocycles. The van der Waals surface area contributed by atoms with Gasteiger partial charge in [-0.05, 0) is 43.5 Å². The van der Waals surface area contributed by atoms with Gasteiger partial charge in [-0.15, -0.1) is 0 Å². The van der Waals surface area contributed by atoms with E-state index in [4.69, 9.17) is 5.11 Å². The summed E-state index contributed by atoms with van der Waals surface area (Å²) in [5.74, 6) is -0.777. The van der Waals surface area contributed by atoms with Crippen LogP contribution in [0.1, 0.15) is 35.2 Å². The number of hydrogen-bond donors (Lipinski definition) is 2. The number of hydrogen-bond acceptors (Lipinski definition) is 2. The lowest BCUT2D eigenvalue weighted by molar-refractivity contribution is -0.122. The van der Waals surface area contributed by atoms with E-state index in [1.54, 1.807) is 19.1 Å². The summed E-state index contributed by atoms with van der Waals surface area (Å²) in [6.07, 6.45) is 3.03. The maximum Gasteiger partial charge on any atom is 0.335 e. The lowest BCUT2D eigenvalue weighted by Gasteiger charge is -2.24. The standard InChI is InChI=1S/C13H15NO3/c1-8-7-10(13(16)17)5-6-11(8)14-12(15)9-3-2-4-9/h5-7,9H,2-4H2,1H3,(H,14,15)(H,16,17). The summed E-state index contributed by atoms with van der Waals surface area (Å²) in [6, 6.07) is 4.72. The van der Waals surface area contributed by atoms with E-state index < -0.39 is 5.97 Å². The van der Waals surface area contributed by atoms with Crippen LogP contribution >= 0.6 is 0 Å². The zero-order valence-electron chi connectivity index (χ0n) is 9.69. The molecule has 0 aliphatic heterocycles. The minimum absolute atomic E-state index is 0.0439. The van der Waals surface area contributed by atoms with Gasteiger partial charge in [0.25, 0.3) is 0 Å². The average molecular weight is 233 g/mol. The van der Waals surface area contributed by atoms with Gasteiger partial charge in [-0.25, -0.2) is 4.79 Å². The molecule has 0 aromatic heterocycles. The number of amides is 1. The number of aryl methyl sites for hydroxylation is 1. The van der Waals surface area contributed by atoms with Crippen molar-refractivity contribution >= 4 is 17.6 Å². The van der Waals surface area contributed by atoms with Crippen LogP contribution in [0.15, 0.2) is 18.2 Å². The second-order valence-electron chi connectivity index (χ2n) is 4.45. The maximum absolute atomic E-state index is 11.7. The Labute approximate surface area is 99.6 Å². The highest BCUT2D eigenvalue weighted by Crippen LogP contribution is 2.28. The highest BCUT2D eigenvalue weighted by Gasteiger charge is 2.25. The number of carboxylic acids is 1. The predicted molar refractivity (Wildman–Crippen MR) is 64.1 cm³/mol. The summed E-state index contributed by atoms with van der Waals surface area (Å²) < 4.78 is 0. The molecular weight excluding hydrogens is 218 g/mol. The molecule has 1 aliphatic carbocycles. The van der Waals surface area contributed by atoms with Crippen LogP contribution in [-0.4, -0.2) is 17.0 Å². The molecule has 0 heterocycles.